The lowest BCUT2D eigenvalue weighted by Crippen LogP contribution is -2.45. The Morgan fingerprint density at radius 3 is 1.19 bits per heavy atom. The molecule has 3 N–H and O–H groups in total. The molecule has 392 valence electrons. The van der Waals surface area contributed by atoms with E-state index in [1.165, 1.54) is 225 Å². The van der Waals surface area contributed by atoms with Crippen LogP contribution in [0, 0.1) is 0 Å². The second-order valence-corrected chi connectivity index (χ2v) is 20.0. The van der Waals surface area contributed by atoms with E-state index in [0.717, 1.165) is 51.4 Å². The number of hydrogen-bond donors (Lipinski definition) is 3. The first-order valence-electron chi connectivity index (χ1n) is 29.4. The SMILES string of the molecule is CCCC/C=C\C/C=C\CCCCCCCC(=O)OCCCCCCCCCCCCCC/C=C\CCCCCCCCCCC(=O)NC(CO)C(O)/C=C/CCCCCCCCCCCC. The first kappa shape index (κ1) is 64.8. The first-order chi connectivity index (χ1) is 33.0. The van der Waals surface area contributed by atoms with Gasteiger partial charge in [-0.25, -0.2) is 0 Å². The van der Waals surface area contributed by atoms with Crippen LogP contribution in [0.25, 0.3) is 0 Å². The summed E-state index contributed by atoms with van der Waals surface area (Å²) in [5.74, 6) is -0.0770. The number of unbranched alkanes of at least 4 members (excludes halogenated alkanes) is 37. The topological polar surface area (TPSA) is 95.9 Å². The molecule has 0 spiro atoms. The van der Waals surface area contributed by atoms with Crippen molar-refractivity contribution in [2.45, 2.75) is 315 Å². The molecular formula is C61H113NO5. The minimum absolute atomic E-state index is 0.00322. The van der Waals surface area contributed by atoms with Crippen molar-refractivity contribution in [2.75, 3.05) is 13.2 Å². The third kappa shape index (κ3) is 53.0. The minimum Gasteiger partial charge on any atom is -0.466 e. The number of nitrogens with one attached hydrogen (secondary N) is 1. The number of esters is 1. The van der Waals surface area contributed by atoms with E-state index in [4.69, 9.17) is 4.74 Å². The maximum Gasteiger partial charge on any atom is 0.305 e. The summed E-state index contributed by atoms with van der Waals surface area (Å²) < 4.78 is 5.47. The molecule has 67 heavy (non-hydrogen) atoms. The monoisotopic (exact) mass is 940 g/mol. The molecule has 0 aromatic heterocycles. The Labute approximate surface area is 416 Å². The van der Waals surface area contributed by atoms with Gasteiger partial charge in [-0.3, -0.25) is 9.59 Å². The van der Waals surface area contributed by atoms with Crippen molar-refractivity contribution in [1.82, 2.24) is 5.32 Å². The molecule has 2 unspecified atom stereocenters. The van der Waals surface area contributed by atoms with Gasteiger partial charge in [0.25, 0.3) is 0 Å². The van der Waals surface area contributed by atoms with Crippen molar-refractivity contribution in [2.24, 2.45) is 0 Å². The lowest BCUT2D eigenvalue weighted by atomic mass is 10.0. The molecule has 0 fully saturated rings. The molecule has 0 aliphatic rings. The van der Waals surface area contributed by atoms with E-state index in [2.05, 4.69) is 55.6 Å². The van der Waals surface area contributed by atoms with Gasteiger partial charge in [-0.2, -0.15) is 0 Å². The molecule has 0 aromatic carbocycles. The number of aliphatic hydroxyl groups is 2. The van der Waals surface area contributed by atoms with Crippen molar-refractivity contribution < 1.29 is 24.5 Å². The number of amides is 1. The van der Waals surface area contributed by atoms with Gasteiger partial charge in [0, 0.05) is 12.8 Å². The molecule has 0 aliphatic carbocycles. The Bertz CT molecular complexity index is 1130. The number of ether oxygens (including phenoxy) is 1. The third-order valence-electron chi connectivity index (χ3n) is 13.3. The lowest BCUT2D eigenvalue weighted by molar-refractivity contribution is -0.143. The Balaban J connectivity index is 3.42. The van der Waals surface area contributed by atoms with Crippen LogP contribution < -0.4 is 5.32 Å². The van der Waals surface area contributed by atoms with Crippen LogP contribution in [-0.4, -0.2) is 47.4 Å². The van der Waals surface area contributed by atoms with Crippen LogP contribution in [0.5, 0.6) is 0 Å². The van der Waals surface area contributed by atoms with Crippen LogP contribution in [0.1, 0.15) is 303 Å². The van der Waals surface area contributed by atoms with E-state index in [9.17, 15) is 19.8 Å². The van der Waals surface area contributed by atoms with Gasteiger partial charge in [-0.1, -0.05) is 255 Å². The van der Waals surface area contributed by atoms with Crippen LogP contribution in [0.2, 0.25) is 0 Å². The minimum atomic E-state index is -0.847. The predicted molar refractivity (Wildman–Crippen MR) is 292 cm³/mol. The molecule has 0 bridgehead atoms. The van der Waals surface area contributed by atoms with Gasteiger partial charge in [0.15, 0.2) is 0 Å². The Kier molecular flexibility index (Phi) is 54.6. The molecule has 0 radical (unpaired) electrons. The highest BCUT2D eigenvalue weighted by Gasteiger charge is 2.18. The standard InChI is InChI=1S/C61H113NO5/c1-3-5-7-9-11-13-15-17-31-35-39-43-47-51-55-61(66)67-56-52-48-44-40-36-32-29-27-25-23-21-19-18-20-22-24-26-28-30-34-38-42-46-50-54-60(65)62-58(57-63)59(64)53-49-45-41-37-33-16-14-12-10-8-6-4-2/h9,11,15,17,20,22,49,53,58-59,63-64H,3-8,10,12-14,16,18-19,21,23-48,50-52,54-57H2,1-2H3,(H,62,65)/b11-9-,17-15-,22-20-,53-49+. The van der Waals surface area contributed by atoms with Gasteiger partial charge in [0.05, 0.1) is 25.4 Å². The number of carbonyl (C=O) groups is 2. The summed E-state index contributed by atoms with van der Waals surface area (Å²) in [6.07, 6.45) is 71.4. The van der Waals surface area contributed by atoms with Crippen LogP contribution in [-0.2, 0) is 14.3 Å². The van der Waals surface area contributed by atoms with Crippen molar-refractivity contribution >= 4 is 11.9 Å². The molecule has 0 aliphatic heterocycles. The van der Waals surface area contributed by atoms with Crippen LogP contribution in [0.3, 0.4) is 0 Å². The van der Waals surface area contributed by atoms with E-state index in [1.54, 1.807) is 6.08 Å². The maximum atomic E-state index is 12.4. The van der Waals surface area contributed by atoms with E-state index in [0.29, 0.717) is 19.4 Å². The van der Waals surface area contributed by atoms with Crippen molar-refractivity contribution in [1.29, 1.82) is 0 Å². The Morgan fingerprint density at radius 2 is 0.761 bits per heavy atom. The average Bonchev–Trinajstić information content (AvgIpc) is 3.33. The van der Waals surface area contributed by atoms with Crippen molar-refractivity contribution in [3.63, 3.8) is 0 Å². The summed E-state index contributed by atoms with van der Waals surface area (Å²) in [7, 11) is 0. The summed E-state index contributed by atoms with van der Waals surface area (Å²) in [5, 5.41) is 23.0. The number of hydrogen-bond acceptors (Lipinski definition) is 5. The summed E-state index contributed by atoms with van der Waals surface area (Å²) in [6, 6.07) is -0.631. The quantitative estimate of drug-likeness (QED) is 0.0321. The zero-order valence-corrected chi connectivity index (χ0v) is 44.6. The van der Waals surface area contributed by atoms with E-state index in [1.807, 2.05) is 6.08 Å². The fourth-order valence-electron chi connectivity index (χ4n) is 8.76. The molecule has 0 rings (SSSR count). The number of rotatable bonds is 54. The smallest absolute Gasteiger partial charge is 0.305 e. The zero-order chi connectivity index (χ0) is 48.6. The van der Waals surface area contributed by atoms with E-state index < -0.39 is 12.1 Å². The van der Waals surface area contributed by atoms with Crippen LogP contribution >= 0.6 is 0 Å². The summed E-state index contributed by atoms with van der Waals surface area (Å²) >= 11 is 0. The molecule has 6 heteroatoms. The fraction of sp³-hybridized carbons (Fsp3) is 0.836. The van der Waals surface area contributed by atoms with Gasteiger partial charge in [0.2, 0.25) is 5.91 Å². The van der Waals surface area contributed by atoms with Crippen LogP contribution in [0.15, 0.2) is 48.6 Å². The lowest BCUT2D eigenvalue weighted by Gasteiger charge is -2.20. The van der Waals surface area contributed by atoms with Gasteiger partial charge in [-0.15, -0.1) is 0 Å². The summed E-state index contributed by atoms with van der Waals surface area (Å²) in [4.78, 5) is 24.5. The summed E-state index contributed by atoms with van der Waals surface area (Å²) in [5.41, 5.74) is 0. The highest BCUT2D eigenvalue weighted by Crippen LogP contribution is 2.16. The molecule has 2 atom stereocenters. The normalized spacial score (nSPS) is 13.0. The van der Waals surface area contributed by atoms with E-state index >= 15 is 0 Å². The molecule has 0 saturated heterocycles. The van der Waals surface area contributed by atoms with Crippen LogP contribution in [0.4, 0.5) is 0 Å². The Hall–Kier alpha value is -2.18. The molecule has 0 saturated carbocycles. The van der Waals surface area contributed by atoms with Crippen molar-refractivity contribution in [3.05, 3.63) is 48.6 Å². The molecule has 0 heterocycles. The maximum absolute atomic E-state index is 12.4. The third-order valence-corrected chi connectivity index (χ3v) is 13.3. The number of allylic oxidation sites excluding steroid dienone is 7. The number of carbonyl (C=O) groups excluding carboxylic acids is 2. The molecule has 0 aromatic rings. The second kappa shape index (κ2) is 56.4. The number of aliphatic hydroxyl groups excluding tert-OH is 2. The Morgan fingerprint density at radius 1 is 0.418 bits per heavy atom. The molecule has 1 amide bonds. The van der Waals surface area contributed by atoms with E-state index in [-0.39, 0.29) is 18.5 Å². The second-order valence-electron chi connectivity index (χ2n) is 20.0. The fourth-order valence-corrected chi connectivity index (χ4v) is 8.76. The predicted octanol–water partition coefficient (Wildman–Crippen LogP) is 18.2. The zero-order valence-electron chi connectivity index (χ0n) is 44.6. The van der Waals surface area contributed by atoms with Gasteiger partial charge < -0.3 is 20.3 Å². The highest BCUT2D eigenvalue weighted by atomic mass is 16.5. The largest absolute Gasteiger partial charge is 0.466 e. The summed E-state index contributed by atoms with van der Waals surface area (Å²) in [6.45, 7) is 4.85. The van der Waals surface area contributed by atoms with Gasteiger partial charge in [0.1, 0.15) is 0 Å². The highest BCUT2D eigenvalue weighted by molar-refractivity contribution is 5.76. The first-order valence-corrected chi connectivity index (χ1v) is 29.4. The van der Waals surface area contributed by atoms with Gasteiger partial charge in [-0.05, 0) is 83.5 Å². The molecular weight excluding hydrogens is 827 g/mol. The average molecular weight is 941 g/mol. The molecule has 6 nitrogen and oxygen atoms in total. The van der Waals surface area contributed by atoms with Crippen molar-refractivity contribution in [3.8, 4) is 0 Å². The van der Waals surface area contributed by atoms with Gasteiger partial charge >= 0.3 is 5.97 Å².